The minimum absolute atomic E-state index is 0.114. The van der Waals surface area contributed by atoms with Gasteiger partial charge in [-0.15, -0.1) is 0 Å². The van der Waals surface area contributed by atoms with Gasteiger partial charge in [0.05, 0.1) is 9.40 Å². The molecule has 0 spiro atoms. The summed E-state index contributed by atoms with van der Waals surface area (Å²) in [6, 6.07) is 5.14. The number of likely N-dealkylation sites (tertiary alicyclic amines) is 1. The minimum atomic E-state index is -0.369. The highest BCUT2D eigenvalue weighted by atomic mass is 79.9. The van der Waals surface area contributed by atoms with Crippen molar-refractivity contribution in [2.45, 2.75) is 19.4 Å². The van der Waals surface area contributed by atoms with E-state index in [1.54, 1.807) is 6.07 Å². The van der Waals surface area contributed by atoms with Crippen molar-refractivity contribution in [1.29, 1.82) is 0 Å². The van der Waals surface area contributed by atoms with Gasteiger partial charge >= 0.3 is 0 Å². The molecule has 1 unspecified atom stereocenters. The topological polar surface area (TPSA) is 66.6 Å². The van der Waals surface area contributed by atoms with Gasteiger partial charge in [-0.3, -0.25) is 15.0 Å². The van der Waals surface area contributed by atoms with Crippen LogP contribution < -0.4 is 0 Å². The van der Waals surface area contributed by atoms with E-state index < -0.39 is 0 Å². The van der Waals surface area contributed by atoms with Crippen LogP contribution in [0.15, 0.2) is 22.7 Å². The van der Waals surface area contributed by atoms with Crippen LogP contribution in [0.1, 0.15) is 18.4 Å². The zero-order chi connectivity index (χ0) is 13.8. The van der Waals surface area contributed by atoms with Gasteiger partial charge in [0.2, 0.25) is 0 Å². The number of nitro benzene ring substituents is 1. The van der Waals surface area contributed by atoms with Crippen molar-refractivity contribution in [2.75, 3.05) is 19.7 Å². The molecule has 2 rings (SSSR count). The number of hydrogen-bond acceptors (Lipinski definition) is 4. The van der Waals surface area contributed by atoms with Crippen molar-refractivity contribution >= 4 is 21.6 Å². The Balaban J connectivity index is 2.04. The SMILES string of the molecule is O=[N+]([O-])c1cccc(CN2CCC(CCO)C2)c1Br. The molecule has 0 amide bonds. The van der Waals surface area contributed by atoms with Crippen molar-refractivity contribution in [1.82, 2.24) is 4.90 Å². The molecule has 104 valence electrons. The lowest BCUT2D eigenvalue weighted by atomic mass is 10.1. The van der Waals surface area contributed by atoms with Crippen LogP contribution in [0.3, 0.4) is 0 Å². The third-order valence-corrected chi connectivity index (χ3v) is 4.47. The maximum Gasteiger partial charge on any atom is 0.283 e. The summed E-state index contributed by atoms with van der Waals surface area (Å²) in [6.07, 6.45) is 1.93. The van der Waals surface area contributed by atoms with E-state index in [9.17, 15) is 10.1 Å². The Kier molecular flexibility index (Phi) is 4.90. The lowest BCUT2D eigenvalue weighted by molar-refractivity contribution is -0.385. The first-order valence-electron chi connectivity index (χ1n) is 6.36. The third-order valence-electron chi connectivity index (χ3n) is 3.56. The molecule has 5 nitrogen and oxygen atoms in total. The maximum atomic E-state index is 10.9. The van der Waals surface area contributed by atoms with Crippen LogP contribution in [0, 0.1) is 16.0 Å². The molecule has 0 saturated carbocycles. The van der Waals surface area contributed by atoms with Crippen LogP contribution in [-0.2, 0) is 6.54 Å². The van der Waals surface area contributed by atoms with Crippen LogP contribution in [0.2, 0.25) is 0 Å². The molecule has 1 N–H and O–H groups in total. The van der Waals surface area contributed by atoms with E-state index in [4.69, 9.17) is 5.11 Å². The Morgan fingerprint density at radius 1 is 1.53 bits per heavy atom. The molecule has 0 bridgehead atoms. The average Bonchev–Trinajstić information content (AvgIpc) is 2.79. The summed E-state index contributed by atoms with van der Waals surface area (Å²) in [4.78, 5) is 12.8. The summed E-state index contributed by atoms with van der Waals surface area (Å²) < 4.78 is 0.575. The van der Waals surface area contributed by atoms with Crippen LogP contribution in [0.25, 0.3) is 0 Å². The highest BCUT2D eigenvalue weighted by Gasteiger charge is 2.23. The summed E-state index contributed by atoms with van der Waals surface area (Å²) in [6.45, 7) is 2.89. The summed E-state index contributed by atoms with van der Waals surface area (Å²) in [5, 5.41) is 19.8. The number of nitrogens with zero attached hydrogens (tertiary/aromatic N) is 2. The number of hydrogen-bond donors (Lipinski definition) is 1. The molecule has 0 aliphatic carbocycles. The van der Waals surface area contributed by atoms with Crippen LogP contribution >= 0.6 is 15.9 Å². The van der Waals surface area contributed by atoms with E-state index in [2.05, 4.69) is 20.8 Å². The molecule has 1 aliphatic rings. The smallest absolute Gasteiger partial charge is 0.283 e. The third kappa shape index (κ3) is 3.52. The summed E-state index contributed by atoms with van der Waals surface area (Å²) in [5.74, 6) is 0.544. The number of benzene rings is 1. The second-order valence-corrected chi connectivity index (χ2v) is 5.70. The highest BCUT2D eigenvalue weighted by molar-refractivity contribution is 9.10. The lowest BCUT2D eigenvalue weighted by Crippen LogP contribution is -2.20. The van der Waals surface area contributed by atoms with Crippen LogP contribution in [0.5, 0.6) is 0 Å². The molecule has 1 aromatic carbocycles. The highest BCUT2D eigenvalue weighted by Crippen LogP contribution is 2.30. The van der Waals surface area contributed by atoms with Crippen molar-refractivity contribution in [3.8, 4) is 0 Å². The van der Waals surface area contributed by atoms with Crippen molar-refractivity contribution < 1.29 is 10.0 Å². The second kappa shape index (κ2) is 6.45. The van der Waals surface area contributed by atoms with Crippen molar-refractivity contribution in [3.63, 3.8) is 0 Å². The first-order chi connectivity index (χ1) is 9.11. The summed E-state index contributed by atoms with van der Waals surface area (Å²) >= 11 is 3.33. The van der Waals surface area contributed by atoms with E-state index in [0.717, 1.165) is 31.5 Å². The average molecular weight is 329 g/mol. The molecule has 1 heterocycles. The Morgan fingerprint density at radius 3 is 3.00 bits per heavy atom. The molecule has 1 aromatic rings. The van der Waals surface area contributed by atoms with Crippen LogP contribution in [-0.4, -0.2) is 34.6 Å². The number of aliphatic hydroxyl groups excluding tert-OH is 1. The molecule has 19 heavy (non-hydrogen) atoms. The van der Waals surface area contributed by atoms with Gasteiger partial charge in [-0.25, -0.2) is 0 Å². The molecule has 1 fully saturated rings. The molecule has 1 atom stereocenters. The molecule has 0 aromatic heterocycles. The molecule has 6 heteroatoms. The van der Waals surface area contributed by atoms with Crippen molar-refractivity contribution in [2.24, 2.45) is 5.92 Å². The zero-order valence-corrected chi connectivity index (χ0v) is 12.2. The number of aliphatic hydroxyl groups is 1. The fourth-order valence-electron chi connectivity index (χ4n) is 2.54. The number of halogens is 1. The van der Waals surface area contributed by atoms with E-state index in [1.807, 2.05) is 6.07 Å². The predicted octanol–water partition coefficient (Wildman–Crippen LogP) is 2.56. The first kappa shape index (κ1) is 14.4. The van der Waals surface area contributed by atoms with Gasteiger partial charge in [0, 0.05) is 25.8 Å². The Labute approximate surface area is 120 Å². The first-order valence-corrected chi connectivity index (χ1v) is 7.16. The second-order valence-electron chi connectivity index (χ2n) is 4.91. The number of rotatable bonds is 5. The largest absolute Gasteiger partial charge is 0.396 e. The van der Waals surface area contributed by atoms with Gasteiger partial charge in [0.1, 0.15) is 0 Å². The Hall–Kier alpha value is -0.980. The quantitative estimate of drug-likeness (QED) is 0.666. The molecule has 1 aliphatic heterocycles. The Morgan fingerprint density at radius 2 is 2.32 bits per heavy atom. The Bertz CT molecular complexity index is 467. The van der Waals surface area contributed by atoms with Gasteiger partial charge in [-0.2, -0.15) is 0 Å². The molecular formula is C13H17BrN2O3. The van der Waals surface area contributed by atoms with Gasteiger partial charge < -0.3 is 5.11 Å². The normalized spacial score (nSPS) is 19.8. The number of nitro groups is 1. The summed E-state index contributed by atoms with van der Waals surface area (Å²) in [5.41, 5.74) is 1.06. The monoisotopic (exact) mass is 328 g/mol. The molecular weight excluding hydrogens is 312 g/mol. The van der Waals surface area contributed by atoms with E-state index in [0.29, 0.717) is 16.9 Å². The molecule has 0 radical (unpaired) electrons. The standard InChI is InChI=1S/C13H17BrN2O3/c14-13-11(2-1-3-12(13)16(18)19)9-15-6-4-10(8-15)5-7-17/h1-3,10,17H,4-9H2. The van der Waals surface area contributed by atoms with Crippen LogP contribution in [0.4, 0.5) is 5.69 Å². The van der Waals surface area contributed by atoms with E-state index in [1.165, 1.54) is 6.07 Å². The fourth-order valence-corrected chi connectivity index (χ4v) is 3.08. The predicted molar refractivity (Wildman–Crippen MR) is 75.9 cm³/mol. The van der Waals surface area contributed by atoms with Gasteiger partial charge in [-0.1, -0.05) is 12.1 Å². The lowest BCUT2D eigenvalue weighted by Gasteiger charge is -2.16. The maximum absolute atomic E-state index is 10.9. The molecule has 1 saturated heterocycles. The van der Waals surface area contributed by atoms with Gasteiger partial charge in [0.15, 0.2) is 0 Å². The zero-order valence-electron chi connectivity index (χ0n) is 10.6. The van der Waals surface area contributed by atoms with Gasteiger partial charge in [-0.05, 0) is 46.8 Å². The van der Waals surface area contributed by atoms with Gasteiger partial charge in [0.25, 0.3) is 5.69 Å². The summed E-state index contributed by atoms with van der Waals surface area (Å²) in [7, 11) is 0. The van der Waals surface area contributed by atoms with Crippen molar-refractivity contribution in [3.05, 3.63) is 38.3 Å². The van der Waals surface area contributed by atoms with E-state index in [-0.39, 0.29) is 17.2 Å². The minimum Gasteiger partial charge on any atom is -0.396 e. The fraction of sp³-hybridized carbons (Fsp3) is 0.538. The van der Waals surface area contributed by atoms with E-state index >= 15 is 0 Å².